The summed E-state index contributed by atoms with van der Waals surface area (Å²) in [6.07, 6.45) is 4.79. The van der Waals surface area contributed by atoms with Crippen molar-refractivity contribution in [2.45, 2.75) is 50.3 Å². The molecule has 3 N–H and O–H groups in total. The summed E-state index contributed by atoms with van der Waals surface area (Å²) in [5.41, 5.74) is 5.87. The molecule has 1 aliphatic carbocycles. The Balaban J connectivity index is 1.81. The first-order valence-corrected chi connectivity index (χ1v) is 5.45. The summed E-state index contributed by atoms with van der Waals surface area (Å²) in [5, 5.41) is 2.98. The molecule has 4 heteroatoms. The average Bonchev–Trinajstić information content (AvgIpc) is 2.77. The second kappa shape index (κ2) is 4.28. The van der Waals surface area contributed by atoms with E-state index in [-0.39, 0.29) is 24.1 Å². The molecule has 0 aromatic carbocycles. The molecule has 1 amide bonds. The summed E-state index contributed by atoms with van der Waals surface area (Å²) < 4.78 is 5.31. The van der Waals surface area contributed by atoms with E-state index in [1.807, 2.05) is 0 Å². The minimum Gasteiger partial charge on any atom is -0.368 e. The van der Waals surface area contributed by atoms with Gasteiger partial charge in [-0.05, 0) is 32.1 Å². The molecular weight excluding hydrogens is 180 g/mol. The first-order chi connectivity index (χ1) is 6.77. The average molecular weight is 198 g/mol. The van der Waals surface area contributed by atoms with Gasteiger partial charge in [0, 0.05) is 18.7 Å². The zero-order chi connectivity index (χ0) is 9.97. The van der Waals surface area contributed by atoms with Crippen LogP contribution in [0, 0.1) is 0 Å². The Labute approximate surface area is 84.2 Å². The van der Waals surface area contributed by atoms with Crippen molar-refractivity contribution in [3.63, 3.8) is 0 Å². The minimum atomic E-state index is -0.220. The maximum Gasteiger partial charge on any atom is 0.249 e. The van der Waals surface area contributed by atoms with E-state index in [0.717, 1.165) is 38.7 Å². The van der Waals surface area contributed by atoms with E-state index >= 15 is 0 Å². The molecule has 0 bridgehead atoms. The van der Waals surface area contributed by atoms with Gasteiger partial charge in [0.05, 0.1) is 0 Å². The van der Waals surface area contributed by atoms with Gasteiger partial charge in [-0.1, -0.05) is 0 Å². The molecule has 2 rings (SSSR count). The molecule has 0 spiro atoms. The Morgan fingerprint density at radius 1 is 1.29 bits per heavy atom. The number of hydrogen-bond donors (Lipinski definition) is 2. The molecule has 3 atom stereocenters. The van der Waals surface area contributed by atoms with Gasteiger partial charge in [-0.25, -0.2) is 0 Å². The molecule has 80 valence electrons. The molecule has 1 aliphatic heterocycles. The van der Waals surface area contributed by atoms with Crippen molar-refractivity contribution in [1.29, 1.82) is 0 Å². The molecule has 0 aromatic rings. The highest BCUT2D eigenvalue weighted by atomic mass is 16.5. The van der Waals surface area contributed by atoms with Gasteiger partial charge in [0.2, 0.25) is 5.91 Å². The lowest BCUT2D eigenvalue weighted by Gasteiger charge is -2.19. The highest BCUT2D eigenvalue weighted by Crippen LogP contribution is 2.18. The molecular formula is C10H18N2O2. The number of nitrogens with one attached hydrogen (secondary N) is 1. The van der Waals surface area contributed by atoms with E-state index in [1.54, 1.807) is 0 Å². The number of carbonyl (C=O) groups excluding carboxylic acids is 1. The van der Waals surface area contributed by atoms with Crippen molar-refractivity contribution < 1.29 is 9.53 Å². The Kier molecular flexibility index (Phi) is 3.03. The van der Waals surface area contributed by atoms with Crippen LogP contribution >= 0.6 is 0 Å². The first kappa shape index (κ1) is 9.93. The second-order valence-electron chi connectivity index (χ2n) is 4.21. The maximum atomic E-state index is 11.7. The largest absolute Gasteiger partial charge is 0.368 e. The van der Waals surface area contributed by atoms with E-state index < -0.39 is 0 Å². The van der Waals surface area contributed by atoms with Crippen LogP contribution in [-0.4, -0.2) is 30.7 Å². The third-order valence-electron chi connectivity index (χ3n) is 3.12. The van der Waals surface area contributed by atoms with Crippen LogP contribution in [0.25, 0.3) is 0 Å². The van der Waals surface area contributed by atoms with Gasteiger partial charge < -0.3 is 15.8 Å². The van der Waals surface area contributed by atoms with E-state index in [4.69, 9.17) is 10.5 Å². The zero-order valence-electron chi connectivity index (χ0n) is 8.37. The van der Waals surface area contributed by atoms with Gasteiger partial charge in [-0.15, -0.1) is 0 Å². The predicted octanol–water partition coefficient (Wildman–Crippen LogP) is 0.161. The summed E-state index contributed by atoms with van der Waals surface area (Å²) >= 11 is 0. The summed E-state index contributed by atoms with van der Waals surface area (Å²) in [5.74, 6) is 0.0323. The van der Waals surface area contributed by atoms with E-state index in [2.05, 4.69) is 5.32 Å². The van der Waals surface area contributed by atoms with Gasteiger partial charge in [-0.2, -0.15) is 0 Å². The SMILES string of the molecule is NC1CCCC1NC(=O)C1CCCO1. The fraction of sp³-hybridized carbons (Fsp3) is 0.900. The van der Waals surface area contributed by atoms with Crippen molar-refractivity contribution in [2.24, 2.45) is 5.73 Å². The van der Waals surface area contributed by atoms with Crippen LogP contribution in [0.1, 0.15) is 32.1 Å². The van der Waals surface area contributed by atoms with Gasteiger partial charge in [0.25, 0.3) is 0 Å². The molecule has 0 radical (unpaired) electrons. The molecule has 3 unspecified atom stereocenters. The summed E-state index contributed by atoms with van der Waals surface area (Å²) in [4.78, 5) is 11.7. The quantitative estimate of drug-likeness (QED) is 0.664. The fourth-order valence-corrected chi connectivity index (χ4v) is 2.23. The number of hydrogen-bond acceptors (Lipinski definition) is 3. The molecule has 14 heavy (non-hydrogen) atoms. The lowest BCUT2D eigenvalue weighted by atomic mass is 10.1. The second-order valence-corrected chi connectivity index (χ2v) is 4.21. The number of ether oxygens (including phenoxy) is 1. The molecule has 0 aromatic heterocycles. The van der Waals surface area contributed by atoms with Crippen LogP contribution in [0.5, 0.6) is 0 Å². The Bertz CT molecular complexity index is 214. The van der Waals surface area contributed by atoms with Gasteiger partial charge >= 0.3 is 0 Å². The van der Waals surface area contributed by atoms with Crippen molar-refractivity contribution in [2.75, 3.05) is 6.61 Å². The summed E-state index contributed by atoms with van der Waals surface area (Å²) in [7, 11) is 0. The summed E-state index contributed by atoms with van der Waals surface area (Å²) in [6.45, 7) is 0.717. The van der Waals surface area contributed by atoms with Gasteiger partial charge in [0.15, 0.2) is 0 Å². The van der Waals surface area contributed by atoms with Crippen LogP contribution in [0.3, 0.4) is 0 Å². The van der Waals surface area contributed by atoms with Crippen molar-refractivity contribution >= 4 is 5.91 Å². The highest BCUT2D eigenvalue weighted by molar-refractivity contribution is 5.81. The number of rotatable bonds is 2. The van der Waals surface area contributed by atoms with Crippen LogP contribution in [0.4, 0.5) is 0 Å². The number of carbonyl (C=O) groups is 1. The maximum absolute atomic E-state index is 11.7. The number of nitrogens with two attached hydrogens (primary N) is 1. The van der Waals surface area contributed by atoms with Crippen LogP contribution < -0.4 is 11.1 Å². The topological polar surface area (TPSA) is 64.3 Å². The molecule has 1 saturated carbocycles. The third-order valence-corrected chi connectivity index (χ3v) is 3.12. The van der Waals surface area contributed by atoms with Crippen LogP contribution in [0.15, 0.2) is 0 Å². The molecule has 2 fully saturated rings. The Morgan fingerprint density at radius 2 is 2.14 bits per heavy atom. The monoisotopic (exact) mass is 198 g/mol. The van der Waals surface area contributed by atoms with Crippen LogP contribution in [0.2, 0.25) is 0 Å². The molecule has 2 aliphatic rings. The molecule has 1 heterocycles. The van der Waals surface area contributed by atoms with E-state index in [9.17, 15) is 4.79 Å². The Hall–Kier alpha value is -0.610. The Morgan fingerprint density at radius 3 is 2.71 bits per heavy atom. The lowest BCUT2D eigenvalue weighted by molar-refractivity contribution is -0.130. The van der Waals surface area contributed by atoms with Crippen LogP contribution in [-0.2, 0) is 9.53 Å². The normalized spacial score (nSPS) is 37.4. The standard InChI is InChI=1S/C10H18N2O2/c11-7-3-1-4-8(7)12-10(13)9-5-2-6-14-9/h7-9H,1-6,11H2,(H,12,13). The van der Waals surface area contributed by atoms with Crippen molar-refractivity contribution in [3.8, 4) is 0 Å². The van der Waals surface area contributed by atoms with Crippen molar-refractivity contribution in [1.82, 2.24) is 5.32 Å². The smallest absolute Gasteiger partial charge is 0.249 e. The molecule has 4 nitrogen and oxygen atoms in total. The van der Waals surface area contributed by atoms with Gasteiger partial charge in [-0.3, -0.25) is 4.79 Å². The van der Waals surface area contributed by atoms with Gasteiger partial charge in [0.1, 0.15) is 6.10 Å². The lowest BCUT2D eigenvalue weighted by Crippen LogP contribution is -2.47. The van der Waals surface area contributed by atoms with Crippen molar-refractivity contribution in [3.05, 3.63) is 0 Å². The minimum absolute atomic E-state index is 0.0323. The third kappa shape index (κ3) is 2.07. The highest BCUT2D eigenvalue weighted by Gasteiger charge is 2.29. The first-order valence-electron chi connectivity index (χ1n) is 5.45. The molecule has 1 saturated heterocycles. The zero-order valence-corrected chi connectivity index (χ0v) is 8.37. The summed E-state index contributed by atoms with van der Waals surface area (Å²) in [6, 6.07) is 0.312. The number of amides is 1. The van der Waals surface area contributed by atoms with E-state index in [1.165, 1.54) is 0 Å². The van der Waals surface area contributed by atoms with E-state index in [0.29, 0.717) is 0 Å². The predicted molar refractivity (Wildman–Crippen MR) is 52.7 cm³/mol. The fourth-order valence-electron chi connectivity index (χ4n) is 2.23.